The molecule has 9 heteroatoms. The van der Waals surface area contributed by atoms with Crippen molar-refractivity contribution in [1.82, 2.24) is 9.88 Å². The number of rotatable bonds is 7. The molecule has 1 aliphatic heterocycles. The van der Waals surface area contributed by atoms with Crippen LogP contribution in [-0.2, 0) is 23.9 Å². The largest absolute Gasteiger partial charge is 0.466 e. The minimum absolute atomic E-state index is 0.0786. The standard InChI is InChI=1S/C15H16N2O5S2/c1-21-15(20)9-13-17(12(18)10-24-13)6-2-7-22-14(19)4-3-11-16-5-8-23-11/h3-5,8-9H,2,6-7,10H2,1H3/b4-3+,13-9+. The molecule has 1 fully saturated rings. The molecule has 0 saturated carbocycles. The molecule has 1 aromatic rings. The van der Waals surface area contributed by atoms with Crippen LogP contribution in [0.4, 0.5) is 0 Å². The van der Waals surface area contributed by atoms with Crippen LogP contribution in [0.15, 0.2) is 28.8 Å². The van der Waals surface area contributed by atoms with Gasteiger partial charge in [-0.2, -0.15) is 0 Å². The highest BCUT2D eigenvalue weighted by Crippen LogP contribution is 2.28. The third-order valence-corrected chi connectivity index (χ3v) is 4.70. The Balaban J connectivity index is 1.74. The third kappa shape index (κ3) is 5.50. The van der Waals surface area contributed by atoms with Crippen LogP contribution in [0.1, 0.15) is 11.4 Å². The van der Waals surface area contributed by atoms with Crippen LogP contribution in [0.3, 0.4) is 0 Å². The number of carbonyl (C=O) groups excluding carboxylic acids is 3. The summed E-state index contributed by atoms with van der Waals surface area (Å²) in [5, 5.41) is 3.10. The molecule has 0 aromatic carbocycles. The Hall–Kier alpha value is -2.13. The Morgan fingerprint density at radius 2 is 2.25 bits per heavy atom. The lowest BCUT2D eigenvalue weighted by atomic mass is 10.4. The molecule has 1 aromatic heterocycles. The molecule has 2 rings (SSSR count). The fourth-order valence-electron chi connectivity index (χ4n) is 1.83. The summed E-state index contributed by atoms with van der Waals surface area (Å²) in [5.74, 6) is -0.752. The highest BCUT2D eigenvalue weighted by molar-refractivity contribution is 8.04. The average Bonchev–Trinajstić information content (AvgIpc) is 3.20. The fourth-order valence-corrected chi connectivity index (χ4v) is 3.31. The monoisotopic (exact) mass is 368 g/mol. The first-order chi connectivity index (χ1) is 11.6. The Morgan fingerprint density at radius 3 is 2.96 bits per heavy atom. The van der Waals surface area contributed by atoms with Crippen molar-refractivity contribution in [3.05, 3.63) is 33.8 Å². The lowest BCUT2D eigenvalue weighted by Crippen LogP contribution is -2.27. The number of thiazole rings is 1. The van der Waals surface area contributed by atoms with E-state index in [2.05, 4.69) is 9.72 Å². The van der Waals surface area contributed by atoms with Gasteiger partial charge in [0.15, 0.2) is 0 Å². The van der Waals surface area contributed by atoms with Gasteiger partial charge in [0.2, 0.25) is 5.91 Å². The van der Waals surface area contributed by atoms with E-state index in [9.17, 15) is 14.4 Å². The highest BCUT2D eigenvalue weighted by atomic mass is 32.2. The van der Waals surface area contributed by atoms with E-state index in [1.165, 1.54) is 47.3 Å². The molecule has 24 heavy (non-hydrogen) atoms. The van der Waals surface area contributed by atoms with Crippen LogP contribution in [0.2, 0.25) is 0 Å². The number of nitrogens with zero attached hydrogens (tertiary/aromatic N) is 2. The topological polar surface area (TPSA) is 85.8 Å². The quantitative estimate of drug-likeness (QED) is 0.411. The van der Waals surface area contributed by atoms with Gasteiger partial charge in [-0.15, -0.1) is 11.3 Å². The SMILES string of the molecule is COC(=O)/C=C1/SCC(=O)N1CCCOC(=O)/C=C/c1nccs1. The molecule has 1 amide bonds. The summed E-state index contributed by atoms with van der Waals surface area (Å²) in [6.45, 7) is 0.555. The van der Waals surface area contributed by atoms with E-state index in [1.807, 2.05) is 5.38 Å². The maximum absolute atomic E-state index is 11.8. The van der Waals surface area contributed by atoms with Crippen LogP contribution in [0.5, 0.6) is 0 Å². The van der Waals surface area contributed by atoms with Gasteiger partial charge in [0.05, 0.1) is 30.6 Å². The summed E-state index contributed by atoms with van der Waals surface area (Å²) < 4.78 is 9.63. The molecule has 0 N–H and O–H groups in total. The average molecular weight is 368 g/mol. The first kappa shape index (κ1) is 18.2. The van der Waals surface area contributed by atoms with Crippen molar-refractivity contribution < 1.29 is 23.9 Å². The number of hydrogen-bond acceptors (Lipinski definition) is 8. The summed E-state index contributed by atoms with van der Waals surface area (Å²) >= 11 is 2.71. The first-order valence-electron chi connectivity index (χ1n) is 7.07. The first-order valence-corrected chi connectivity index (χ1v) is 8.94. The number of amides is 1. The van der Waals surface area contributed by atoms with E-state index in [4.69, 9.17) is 4.74 Å². The van der Waals surface area contributed by atoms with Gasteiger partial charge in [-0.1, -0.05) is 11.8 Å². The van der Waals surface area contributed by atoms with Crippen LogP contribution in [-0.4, -0.2) is 53.7 Å². The molecule has 7 nitrogen and oxygen atoms in total. The Morgan fingerprint density at radius 1 is 1.42 bits per heavy atom. The molecule has 0 spiro atoms. The van der Waals surface area contributed by atoms with Gasteiger partial charge in [-0.3, -0.25) is 4.79 Å². The summed E-state index contributed by atoms with van der Waals surface area (Å²) in [5.41, 5.74) is 0. The van der Waals surface area contributed by atoms with Crippen LogP contribution >= 0.6 is 23.1 Å². The summed E-state index contributed by atoms with van der Waals surface area (Å²) in [4.78, 5) is 40.2. The molecule has 1 saturated heterocycles. The summed E-state index contributed by atoms with van der Waals surface area (Å²) in [7, 11) is 1.28. The number of carbonyl (C=O) groups is 3. The van der Waals surface area contributed by atoms with Crippen molar-refractivity contribution >= 4 is 47.0 Å². The van der Waals surface area contributed by atoms with Gasteiger partial charge in [-0.05, 0) is 12.5 Å². The molecule has 128 valence electrons. The van der Waals surface area contributed by atoms with Gasteiger partial charge in [0.1, 0.15) is 5.01 Å². The Labute approximate surface area is 147 Å². The number of ether oxygens (including phenoxy) is 2. The molecule has 0 aliphatic carbocycles. The van der Waals surface area contributed by atoms with Crippen molar-refractivity contribution in [2.75, 3.05) is 26.0 Å². The predicted molar refractivity (Wildman–Crippen MR) is 91.0 cm³/mol. The third-order valence-electron chi connectivity index (χ3n) is 2.94. The highest BCUT2D eigenvalue weighted by Gasteiger charge is 2.26. The molecular formula is C15H16N2O5S2. The molecular weight excluding hydrogens is 352 g/mol. The molecule has 0 atom stereocenters. The van der Waals surface area contributed by atoms with Crippen molar-refractivity contribution in [1.29, 1.82) is 0 Å². The Bertz CT molecular complexity index is 655. The van der Waals surface area contributed by atoms with Gasteiger partial charge in [0, 0.05) is 24.2 Å². The molecule has 0 bridgehead atoms. The van der Waals surface area contributed by atoms with Crippen LogP contribution in [0.25, 0.3) is 6.08 Å². The van der Waals surface area contributed by atoms with Gasteiger partial charge in [-0.25, -0.2) is 14.6 Å². The second-order valence-electron chi connectivity index (χ2n) is 4.56. The fraction of sp³-hybridized carbons (Fsp3) is 0.333. The van der Waals surface area contributed by atoms with Crippen molar-refractivity contribution in [2.24, 2.45) is 0 Å². The zero-order valence-electron chi connectivity index (χ0n) is 13.0. The predicted octanol–water partition coefficient (Wildman–Crippen LogP) is 1.68. The normalized spacial score (nSPS) is 16.1. The number of thioether (sulfide) groups is 1. The number of hydrogen-bond donors (Lipinski definition) is 0. The smallest absolute Gasteiger partial charge is 0.333 e. The summed E-state index contributed by atoms with van der Waals surface area (Å²) in [6, 6.07) is 0. The number of aromatic nitrogens is 1. The van der Waals surface area contributed by atoms with E-state index in [0.717, 1.165) is 5.01 Å². The van der Waals surface area contributed by atoms with Gasteiger partial charge >= 0.3 is 11.9 Å². The van der Waals surface area contributed by atoms with E-state index < -0.39 is 11.9 Å². The van der Waals surface area contributed by atoms with Crippen molar-refractivity contribution in [2.45, 2.75) is 6.42 Å². The molecule has 0 radical (unpaired) electrons. The van der Waals surface area contributed by atoms with E-state index in [0.29, 0.717) is 23.7 Å². The van der Waals surface area contributed by atoms with E-state index in [1.54, 1.807) is 12.3 Å². The lowest BCUT2D eigenvalue weighted by Gasteiger charge is -2.16. The van der Waals surface area contributed by atoms with Crippen molar-refractivity contribution in [3.63, 3.8) is 0 Å². The zero-order valence-corrected chi connectivity index (χ0v) is 14.6. The minimum atomic E-state index is -0.504. The summed E-state index contributed by atoms with van der Waals surface area (Å²) in [6.07, 6.45) is 6.32. The number of methoxy groups -OCH3 is 1. The second kappa shape index (κ2) is 9.24. The maximum atomic E-state index is 11.8. The maximum Gasteiger partial charge on any atom is 0.333 e. The van der Waals surface area contributed by atoms with Gasteiger partial charge in [0.25, 0.3) is 0 Å². The van der Waals surface area contributed by atoms with Crippen molar-refractivity contribution in [3.8, 4) is 0 Å². The lowest BCUT2D eigenvalue weighted by molar-refractivity contribution is -0.138. The van der Waals surface area contributed by atoms with Crippen LogP contribution < -0.4 is 0 Å². The molecule has 1 aliphatic rings. The van der Waals surface area contributed by atoms with E-state index >= 15 is 0 Å². The van der Waals surface area contributed by atoms with Gasteiger partial charge < -0.3 is 14.4 Å². The molecule has 2 heterocycles. The zero-order chi connectivity index (χ0) is 17.4. The van der Waals surface area contributed by atoms with E-state index in [-0.39, 0.29) is 12.5 Å². The number of esters is 2. The molecule has 0 unspecified atom stereocenters. The minimum Gasteiger partial charge on any atom is -0.466 e. The Kier molecular flexibility index (Phi) is 7.01. The second-order valence-corrected chi connectivity index (χ2v) is 6.49. The van der Waals surface area contributed by atoms with Crippen LogP contribution in [0, 0.1) is 0 Å².